The van der Waals surface area contributed by atoms with Crippen molar-refractivity contribution in [1.82, 2.24) is 0 Å². The summed E-state index contributed by atoms with van der Waals surface area (Å²) in [6.07, 6.45) is 0.654. The highest BCUT2D eigenvalue weighted by atomic mass is 16.5. The number of anilines is 1. The number of aryl methyl sites for hydroxylation is 3. The van der Waals surface area contributed by atoms with Gasteiger partial charge in [-0.2, -0.15) is 0 Å². The van der Waals surface area contributed by atoms with Crippen LogP contribution in [0.15, 0.2) is 46.9 Å². The van der Waals surface area contributed by atoms with Gasteiger partial charge in [0.2, 0.25) is 0 Å². The molecule has 0 radical (unpaired) electrons. The van der Waals surface area contributed by atoms with E-state index in [1.165, 1.54) is 22.3 Å². The molecule has 5 nitrogen and oxygen atoms in total. The van der Waals surface area contributed by atoms with Crippen molar-refractivity contribution in [3.8, 4) is 11.5 Å². The predicted octanol–water partition coefficient (Wildman–Crippen LogP) is 5.07. The molecule has 0 unspecified atom stereocenters. The number of hydrogen-bond acceptors (Lipinski definition) is 4. The van der Waals surface area contributed by atoms with Gasteiger partial charge in [-0.15, -0.1) is 0 Å². The standard InChI is InChI=1S/C23H25NO4/c1-14-10-15(2)19(16(3)11-14)13-18-7-9-21(28-18)23(25)24-17-6-8-20(26-4)22(12-17)27-5/h6-12H,13H2,1-5H3,(H,24,25). The molecule has 3 aromatic rings. The van der Waals surface area contributed by atoms with Crippen molar-refractivity contribution in [1.29, 1.82) is 0 Å². The Labute approximate surface area is 165 Å². The Morgan fingerprint density at radius 2 is 1.61 bits per heavy atom. The summed E-state index contributed by atoms with van der Waals surface area (Å²) in [5, 5.41) is 2.82. The van der Waals surface area contributed by atoms with Gasteiger partial charge in [0.05, 0.1) is 14.2 Å². The van der Waals surface area contributed by atoms with Crippen LogP contribution in [0.5, 0.6) is 11.5 Å². The topological polar surface area (TPSA) is 60.7 Å². The summed E-state index contributed by atoms with van der Waals surface area (Å²) in [6.45, 7) is 6.29. The maximum atomic E-state index is 12.5. The van der Waals surface area contributed by atoms with E-state index in [-0.39, 0.29) is 11.7 Å². The van der Waals surface area contributed by atoms with Crippen molar-refractivity contribution >= 4 is 11.6 Å². The lowest BCUT2D eigenvalue weighted by Gasteiger charge is -2.10. The Hall–Kier alpha value is -3.21. The molecule has 0 aliphatic rings. The maximum absolute atomic E-state index is 12.5. The van der Waals surface area contributed by atoms with E-state index in [2.05, 4.69) is 38.2 Å². The molecule has 0 saturated heterocycles. The van der Waals surface area contributed by atoms with E-state index in [0.717, 1.165) is 5.76 Å². The second-order valence-corrected chi connectivity index (χ2v) is 6.84. The van der Waals surface area contributed by atoms with Gasteiger partial charge in [0.25, 0.3) is 5.91 Å². The number of methoxy groups -OCH3 is 2. The largest absolute Gasteiger partial charge is 0.493 e. The SMILES string of the molecule is COc1ccc(NC(=O)c2ccc(Cc3c(C)cc(C)cc3C)o2)cc1OC. The lowest BCUT2D eigenvalue weighted by atomic mass is 9.97. The molecule has 5 heteroatoms. The second kappa shape index (κ2) is 8.21. The number of furan rings is 1. The Morgan fingerprint density at radius 1 is 0.929 bits per heavy atom. The van der Waals surface area contributed by atoms with Crippen molar-refractivity contribution in [3.05, 3.63) is 76.2 Å². The Bertz CT molecular complexity index is 981. The van der Waals surface area contributed by atoms with Gasteiger partial charge in [0, 0.05) is 18.2 Å². The summed E-state index contributed by atoms with van der Waals surface area (Å²) >= 11 is 0. The van der Waals surface area contributed by atoms with Crippen LogP contribution in [0.4, 0.5) is 5.69 Å². The zero-order valence-corrected chi connectivity index (χ0v) is 16.9. The van der Waals surface area contributed by atoms with Crippen LogP contribution in [0, 0.1) is 20.8 Å². The molecule has 3 rings (SSSR count). The van der Waals surface area contributed by atoms with Crippen molar-refractivity contribution < 1.29 is 18.7 Å². The first-order chi connectivity index (χ1) is 13.4. The first-order valence-corrected chi connectivity index (χ1v) is 9.10. The molecule has 2 aromatic carbocycles. The normalized spacial score (nSPS) is 10.6. The first kappa shape index (κ1) is 19.5. The molecule has 146 valence electrons. The monoisotopic (exact) mass is 379 g/mol. The van der Waals surface area contributed by atoms with Crippen molar-refractivity contribution in [2.45, 2.75) is 27.2 Å². The first-order valence-electron chi connectivity index (χ1n) is 9.10. The molecule has 1 aromatic heterocycles. The molecule has 1 amide bonds. The minimum Gasteiger partial charge on any atom is -0.493 e. The van der Waals surface area contributed by atoms with Crippen LogP contribution in [0.3, 0.4) is 0 Å². The number of hydrogen-bond donors (Lipinski definition) is 1. The van der Waals surface area contributed by atoms with Gasteiger partial charge in [-0.3, -0.25) is 4.79 Å². The highest BCUT2D eigenvalue weighted by Gasteiger charge is 2.14. The van der Waals surface area contributed by atoms with Gasteiger partial charge >= 0.3 is 0 Å². The summed E-state index contributed by atoms with van der Waals surface area (Å²) in [5.74, 6) is 1.87. The molecule has 28 heavy (non-hydrogen) atoms. The Balaban J connectivity index is 1.74. The molecule has 1 N–H and O–H groups in total. The minimum atomic E-state index is -0.309. The highest BCUT2D eigenvalue weighted by Crippen LogP contribution is 2.30. The van der Waals surface area contributed by atoms with Gasteiger partial charge in [-0.1, -0.05) is 17.7 Å². The number of nitrogens with one attached hydrogen (secondary N) is 1. The Morgan fingerprint density at radius 3 is 2.25 bits per heavy atom. The van der Waals surface area contributed by atoms with E-state index in [0.29, 0.717) is 23.6 Å². The summed E-state index contributed by atoms with van der Waals surface area (Å²) in [4.78, 5) is 12.5. The zero-order chi connectivity index (χ0) is 20.3. The average molecular weight is 379 g/mol. The van der Waals surface area contributed by atoms with Crippen LogP contribution in [0.2, 0.25) is 0 Å². The lowest BCUT2D eigenvalue weighted by molar-refractivity contribution is 0.0995. The van der Waals surface area contributed by atoms with E-state index in [1.54, 1.807) is 38.5 Å². The van der Waals surface area contributed by atoms with Gasteiger partial charge < -0.3 is 19.2 Å². The molecule has 0 bridgehead atoms. The molecule has 0 aliphatic heterocycles. The van der Waals surface area contributed by atoms with Gasteiger partial charge in [-0.05, 0) is 61.7 Å². The van der Waals surface area contributed by atoms with E-state index < -0.39 is 0 Å². The van der Waals surface area contributed by atoms with Gasteiger partial charge in [0.15, 0.2) is 17.3 Å². The van der Waals surface area contributed by atoms with Crippen LogP contribution >= 0.6 is 0 Å². The number of ether oxygens (including phenoxy) is 2. The summed E-state index contributed by atoms with van der Waals surface area (Å²) in [5.41, 5.74) is 5.53. The minimum absolute atomic E-state index is 0.271. The fraction of sp³-hybridized carbons (Fsp3) is 0.261. The van der Waals surface area contributed by atoms with Crippen molar-refractivity contribution in [2.24, 2.45) is 0 Å². The van der Waals surface area contributed by atoms with Crippen LogP contribution in [-0.4, -0.2) is 20.1 Å². The number of rotatable bonds is 6. The molecular formula is C23H25NO4. The molecule has 0 saturated carbocycles. The number of amides is 1. The summed E-state index contributed by atoms with van der Waals surface area (Å²) in [6, 6.07) is 13.1. The number of carbonyl (C=O) groups is 1. The predicted molar refractivity (Wildman–Crippen MR) is 110 cm³/mol. The molecule has 0 aliphatic carbocycles. The average Bonchev–Trinajstić information content (AvgIpc) is 3.13. The van der Waals surface area contributed by atoms with E-state index in [9.17, 15) is 4.79 Å². The second-order valence-electron chi connectivity index (χ2n) is 6.84. The van der Waals surface area contributed by atoms with E-state index in [4.69, 9.17) is 13.9 Å². The third-order valence-electron chi connectivity index (χ3n) is 4.72. The van der Waals surface area contributed by atoms with Crippen LogP contribution in [0.25, 0.3) is 0 Å². The number of carbonyl (C=O) groups excluding carboxylic acids is 1. The maximum Gasteiger partial charge on any atom is 0.291 e. The van der Waals surface area contributed by atoms with Crippen molar-refractivity contribution in [2.75, 3.05) is 19.5 Å². The summed E-state index contributed by atoms with van der Waals surface area (Å²) < 4.78 is 16.3. The molecular weight excluding hydrogens is 354 g/mol. The van der Waals surface area contributed by atoms with Crippen molar-refractivity contribution in [3.63, 3.8) is 0 Å². The van der Waals surface area contributed by atoms with Gasteiger partial charge in [0.1, 0.15) is 5.76 Å². The highest BCUT2D eigenvalue weighted by molar-refractivity contribution is 6.02. The van der Waals surface area contributed by atoms with E-state index in [1.807, 2.05) is 6.07 Å². The quantitative estimate of drug-likeness (QED) is 0.650. The smallest absolute Gasteiger partial charge is 0.291 e. The molecule has 0 fully saturated rings. The molecule has 1 heterocycles. The van der Waals surface area contributed by atoms with Crippen LogP contribution in [0.1, 0.15) is 38.6 Å². The number of benzene rings is 2. The zero-order valence-electron chi connectivity index (χ0n) is 16.9. The fourth-order valence-corrected chi connectivity index (χ4v) is 3.36. The molecule has 0 spiro atoms. The third-order valence-corrected chi connectivity index (χ3v) is 4.72. The summed E-state index contributed by atoms with van der Waals surface area (Å²) in [7, 11) is 3.12. The van der Waals surface area contributed by atoms with E-state index >= 15 is 0 Å². The fourth-order valence-electron chi connectivity index (χ4n) is 3.36. The van der Waals surface area contributed by atoms with Crippen LogP contribution in [-0.2, 0) is 6.42 Å². The van der Waals surface area contributed by atoms with Crippen LogP contribution < -0.4 is 14.8 Å². The Kier molecular flexibility index (Phi) is 5.73. The molecule has 0 atom stereocenters. The third kappa shape index (κ3) is 4.19. The lowest BCUT2D eigenvalue weighted by Crippen LogP contribution is -2.11. The van der Waals surface area contributed by atoms with Gasteiger partial charge in [-0.25, -0.2) is 0 Å².